The van der Waals surface area contributed by atoms with Crippen LogP contribution in [0.4, 0.5) is 0 Å². The molecule has 1 saturated carbocycles. The number of ether oxygens (including phenoxy) is 1. The quantitative estimate of drug-likeness (QED) is 0.729. The van der Waals surface area contributed by atoms with Gasteiger partial charge in [-0.25, -0.2) is 0 Å². The molecule has 0 amide bonds. The topological polar surface area (TPSA) is 50.1 Å². The summed E-state index contributed by atoms with van der Waals surface area (Å²) in [5.74, 6) is 0.746. The molecule has 2 rings (SSSR count). The highest BCUT2D eigenvalue weighted by Gasteiger charge is 2.43. The van der Waals surface area contributed by atoms with Crippen LogP contribution >= 0.6 is 0 Å². The van der Waals surface area contributed by atoms with Crippen molar-refractivity contribution in [2.75, 3.05) is 6.61 Å². The average Bonchev–Trinajstić information content (AvgIpc) is 3.08. The molecule has 0 spiro atoms. The van der Waals surface area contributed by atoms with Gasteiger partial charge in [0, 0.05) is 17.4 Å². The molecular formula is C14H15NO2. The normalized spacial score (nSPS) is 16.0. The van der Waals surface area contributed by atoms with Gasteiger partial charge in [-0.15, -0.1) is 0 Å². The number of carbonyl (C=O) groups excluding carboxylic acids is 1. The molecule has 0 N–H and O–H groups in total. The average molecular weight is 229 g/mol. The highest BCUT2D eigenvalue weighted by atomic mass is 16.5. The minimum absolute atomic E-state index is 0.0358. The van der Waals surface area contributed by atoms with Gasteiger partial charge in [0.25, 0.3) is 0 Å². The SMILES string of the molecule is CC(=O)c1cccc(OCC2(CC#N)CC2)c1. The van der Waals surface area contributed by atoms with Gasteiger partial charge in [-0.05, 0) is 31.9 Å². The van der Waals surface area contributed by atoms with Crippen molar-refractivity contribution in [3.63, 3.8) is 0 Å². The van der Waals surface area contributed by atoms with Crippen LogP contribution in [0.5, 0.6) is 5.75 Å². The fourth-order valence-corrected chi connectivity index (χ4v) is 1.76. The Morgan fingerprint density at radius 2 is 2.29 bits per heavy atom. The maximum atomic E-state index is 11.2. The zero-order chi connectivity index (χ0) is 12.3. The Bertz CT molecular complexity index is 469. The number of hydrogen-bond donors (Lipinski definition) is 0. The van der Waals surface area contributed by atoms with Crippen LogP contribution in [0.1, 0.15) is 36.5 Å². The molecule has 1 aromatic carbocycles. The molecule has 0 unspecified atom stereocenters. The monoisotopic (exact) mass is 229 g/mol. The first kappa shape index (κ1) is 11.7. The Morgan fingerprint density at radius 3 is 2.88 bits per heavy atom. The summed E-state index contributed by atoms with van der Waals surface area (Å²) in [6.07, 6.45) is 2.68. The largest absolute Gasteiger partial charge is 0.493 e. The zero-order valence-corrected chi connectivity index (χ0v) is 9.90. The van der Waals surface area contributed by atoms with Crippen LogP contribution in [0.3, 0.4) is 0 Å². The van der Waals surface area contributed by atoms with Crippen molar-refractivity contribution in [2.24, 2.45) is 5.41 Å². The molecule has 0 atom stereocenters. The number of nitriles is 1. The molecule has 0 radical (unpaired) electrons. The number of rotatable bonds is 5. The Labute approximate surface area is 101 Å². The van der Waals surface area contributed by atoms with Crippen molar-refractivity contribution in [2.45, 2.75) is 26.2 Å². The summed E-state index contributed by atoms with van der Waals surface area (Å²) in [7, 11) is 0. The van der Waals surface area contributed by atoms with Gasteiger partial charge in [0.05, 0.1) is 12.7 Å². The van der Waals surface area contributed by atoms with E-state index in [0.29, 0.717) is 24.3 Å². The predicted molar refractivity (Wildman–Crippen MR) is 63.8 cm³/mol. The van der Waals surface area contributed by atoms with Gasteiger partial charge in [0.2, 0.25) is 0 Å². The van der Waals surface area contributed by atoms with Crippen LogP contribution in [0, 0.1) is 16.7 Å². The Balaban J connectivity index is 1.98. The van der Waals surface area contributed by atoms with E-state index in [1.807, 2.05) is 12.1 Å². The molecular weight excluding hydrogens is 214 g/mol. The molecule has 0 aliphatic heterocycles. The summed E-state index contributed by atoms with van der Waals surface area (Å²) in [6, 6.07) is 9.39. The van der Waals surface area contributed by atoms with E-state index in [1.54, 1.807) is 12.1 Å². The van der Waals surface area contributed by atoms with Crippen LogP contribution in [0.2, 0.25) is 0 Å². The van der Waals surface area contributed by atoms with Crippen LogP contribution in [0.25, 0.3) is 0 Å². The van der Waals surface area contributed by atoms with Gasteiger partial charge in [0.1, 0.15) is 5.75 Å². The van der Waals surface area contributed by atoms with E-state index in [2.05, 4.69) is 6.07 Å². The molecule has 1 aliphatic carbocycles. The number of Topliss-reactive ketones (excluding diaryl/α,β-unsaturated/α-hetero) is 1. The van der Waals surface area contributed by atoms with Crippen molar-refractivity contribution < 1.29 is 9.53 Å². The predicted octanol–water partition coefficient (Wildman–Crippen LogP) is 2.96. The summed E-state index contributed by atoms with van der Waals surface area (Å²) in [4.78, 5) is 11.2. The van der Waals surface area contributed by atoms with Crippen molar-refractivity contribution in [1.82, 2.24) is 0 Å². The smallest absolute Gasteiger partial charge is 0.159 e. The number of nitrogens with zero attached hydrogens (tertiary/aromatic N) is 1. The van der Waals surface area contributed by atoms with E-state index in [9.17, 15) is 4.79 Å². The van der Waals surface area contributed by atoms with E-state index < -0.39 is 0 Å². The second-order valence-corrected chi connectivity index (χ2v) is 4.71. The first-order valence-electron chi connectivity index (χ1n) is 5.76. The minimum Gasteiger partial charge on any atom is -0.493 e. The van der Waals surface area contributed by atoms with Gasteiger partial charge >= 0.3 is 0 Å². The maximum Gasteiger partial charge on any atom is 0.159 e. The van der Waals surface area contributed by atoms with Gasteiger partial charge in [0.15, 0.2) is 5.78 Å². The van der Waals surface area contributed by atoms with Crippen LogP contribution < -0.4 is 4.74 Å². The number of benzene rings is 1. The third-order valence-corrected chi connectivity index (χ3v) is 3.20. The van der Waals surface area contributed by atoms with Crippen molar-refractivity contribution >= 4 is 5.78 Å². The fraction of sp³-hybridized carbons (Fsp3) is 0.429. The van der Waals surface area contributed by atoms with Crippen molar-refractivity contribution in [3.8, 4) is 11.8 Å². The Hall–Kier alpha value is -1.82. The Kier molecular flexibility index (Phi) is 3.14. The molecule has 17 heavy (non-hydrogen) atoms. The van der Waals surface area contributed by atoms with E-state index >= 15 is 0 Å². The van der Waals surface area contributed by atoms with E-state index in [-0.39, 0.29) is 11.2 Å². The molecule has 3 heteroatoms. The molecule has 88 valence electrons. The van der Waals surface area contributed by atoms with Gasteiger partial charge in [-0.2, -0.15) is 5.26 Å². The lowest BCUT2D eigenvalue weighted by molar-refractivity contribution is 0.101. The summed E-state index contributed by atoms with van der Waals surface area (Å²) < 4.78 is 5.67. The second-order valence-electron chi connectivity index (χ2n) is 4.71. The zero-order valence-electron chi connectivity index (χ0n) is 9.90. The molecule has 3 nitrogen and oxygen atoms in total. The summed E-state index contributed by atoms with van der Waals surface area (Å²) in [5.41, 5.74) is 0.730. The molecule has 1 aliphatic rings. The molecule has 0 saturated heterocycles. The molecule has 0 aromatic heterocycles. The number of carbonyl (C=O) groups is 1. The number of hydrogen-bond acceptors (Lipinski definition) is 3. The molecule has 1 fully saturated rings. The lowest BCUT2D eigenvalue weighted by Crippen LogP contribution is -2.12. The van der Waals surface area contributed by atoms with Crippen molar-refractivity contribution in [1.29, 1.82) is 5.26 Å². The van der Waals surface area contributed by atoms with E-state index in [4.69, 9.17) is 10.00 Å². The van der Waals surface area contributed by atoms with Gasteiger partial charge in [-0.3, -0.25) is 4.79 Å². The number of ketones is 1. The van der Waals surface area contributed by atoms with Gasteiger partial charge < -0.3 is 4.74 Å². The van der Waals surface area contributed by atoms with E-state index in [0.717, 1.165) is 12.8 Å². The van der Waals surface area contributed by atoms with Crippen LogP contribution in [0.15, 0.2) is 24.3 Å². The highest BCUT2D eigenvalue weighted by Crippen LogP contribution is 2.48. The third-order valence-electron chi connectivity index (χ3n) is 3.20. The third kappa shape index (κ3) is 2.85. The Morgan fingerprint density at radius 1 is 1.53 bits per heavy atom. The van der Waals surface area contributed by atoms with Crippen LogP contribution in [-0.2, 0) is 0 Å². The second kappa shape index (κ2) is 4.58. The molecule has 1 aromatic rings. The molecule has 0 bridgehead atoms. The standard InChI is InChI=1S/C14H15NO2/c1-11(16)12-3-2-4-13(9-12)17-10-14(5-6-14)7-8-15/h2-4,9H,5-7,10H2,1H3. The summed E-state index contributed by atoms with van der Waals surface area (Å²) in [6.45, 7) is 2.11. The lowest BCUT2D eigenvalue weighted by atomic mass is 10.1. The summed E-state index contributed by atoms with van der Waals surface area (Å²) >= 11 is 0. The lowest BCUT2D eigenvalue weighted by Gasteiger charge is -2.13. The maximum absolute atomic E-state index is 11.2. The summed E-state index contributed by atoms with van der Waals surface area (Å²) in [5, 5.41) is 8.71. The van der Waals surface area contributed by atoms with Crippen molar-refractivity contribution in [3.05, 3.63) is 29.8 Å². The first-order chi connectivity index (χ1) is 8.15. The van der Waals surface area contributed by atoms with E-state index in [1.165, 1.54) is 6.92 Å². The van der Waals surface area contributed by atoms with Gasteiger partial charge in [-0.1, -0.05) is 12.1 Å². The first-order valence-corrected chi connectivity index (χ1v) is 5.76. The fourth-order valence-electron chi connectivity index (χ4n) is 1.76. The minimum atomic E-state index is 0.0358. The highest BCUT2D eigenvalue weighted by molar-refractivity contribution is 5.94. The molecule has 0 heterocycles. The van der Waals surface area contributed by atoms with Crippen LogP contribution in [-0.4, -0.2) is 12.4 Å².